The van der Waals surface area contributed by atoms with Crippen molar-refractivity contribution in [2.45, 2.75) is 18.4 Å². The van der Waals surface area contributed by atoms with E-state index in [4.69, 9.17) is 0 Å². The first kappa shape index (κ1) is 14.7. The summed E-state index contributed by atoms with van der Waals surface area (Å²) in [5.41, 5.74) is -0.277. The number of halogens is 5. The van der Waals surface area contributed by atoms with Crippen molar-refractivity contribution < 1.29 is 26.7 Å². The lowest BCUT2D eigenvalue weighted by molar-refractivity contribution is -0.150. The second-order valence-corrected chi connectivity index (χ2v) is 3.59. The fraction of sp³-hybridized carbons (Fsp3) is 0.455. The van der Waals surface area contributed by atoms with E-state index in [0.29, 0.717) is 0 Å². The van der Waals surface area contributed by atoms with E-state index in [1.54, 1.807) is 0 Å². The van der Waals surface area contributed by atoms with Crippen LogP contribution >= 0.6 is 0 Å². The van der Waals surface area contributed by atoms with E-state index in [1.807, 2.05) is 0 Å². The third kappa shape index (κ3) is 2.72. The monoisotopic (exact) mass is 269 g/mol. The van der Waals surface area contributed by atoms with Gasteiger partial charge < -0.3 is 10.1 Å². The molecule has 7 heteroatoms. The van der Waals surface area contributed by atoms with Gasteiger partial charge >= 0.3 is 12.3 Å². The summed E-state index contributed by atoms with van der Waals surface area (Å²) in [7, 11) is 2.31. The highest BCUT2D eigenvalue weighted by molar-refractivity contribution is 5.32. The van der Waals surface area contributed by atoms with E-state index in [2.05, 4.69) is 10.1 Å². The Morgan fingerprint density at radius 1 is 1.28 bits per heavy atom. The van der Waals surface area contributed by atoms with E-state index in [0.717, 1.165) is 25.2 Å². The zero-order valence-corrected chi connectivity index (χ0v) is 9.68. The van der Waals surface area contributed by atoms with Gasteiger partial charge in [-0.1, -0.05) is 6.07 Å². The molecule has 18 heavy (non-hydrogen) atoms. The Bertz CT molecular complexity index is 410. The van der Waals surface area contributed by atoms with Crippen LogP contribution in [-0.4, -0.2) is 26.5 Å². The Labute approximate surface area is 101 Å². The molecule has 0 amide bonds. The standard InChI is InChI=1S/C11H12F5NO/c1-17-9(11(15,16)10(13)14)6-3-4-8(18-2)7(12)5-6/h3-5,9-10,17H,1-2H3. The van der Waals surface area contributed by atoms with Crippen LogP contribution in [0.15, 0.2) is 18.2 Å². The average Bonchev–Trinajstić information content (AvgIpc) is 2.29. The molecule has 0 saturated carbocycles. The highest BCUT2D eigenvalue weighted by Crippen LogP contribution is 2.37. The van der Waals surface area contributed by atoms with Crippen LogP contribution < -0.4 is 10.1 Å². The molecular weight excluding hydrogens is 257 g/mol. The number of benzene rings is 1. The van der Waals surface area contributed by atoms with Crippen molar-refractivity contribution in [3.05, 3.63) is 29.6 Å². The van der Waals surface area contributed by atoms with Gasteiger partial charge in [0, 0.05) is 0 Å². The van der Waals surface area contributed by atoms with Crippen molar-refractivity contribution in [3.63, 3.8) is 0 Å². The maximum Gasteiger partial charge on any atom is 0.326 e. The molecule has 0 bridgehead atoms. The summed E-state index contributed by atoms with van der Waals surface area (Å²) in [6.07, 6.45) is -3.85. The van der Waals surface area contributed by atoms with E-state index < -0.39 is 24.2 Å². The van der Waals surface area contributed by atoms with Gasteiger partial charge in [-0.05, 0) is 24.7 Å². The van der Waals surface area contributed by atoms with Crippen LogP contribution in [0.25, 0.3) is 0 Å². The number of hydrogen-bond donors (Lipinski definition) is 1. The van der Waals surface area contributed by atoms with E-state index in [1.165, 1.54) is 7.11 Å². The van der Waals surface area contributed by atoms with Gasteiger partial charge in [-0.15, -0.1) is 0 Å². The third-order valence-corrected chi connectivity index (χ3v) is 2.47. The third-order valence-electron chi connectivity index (χ3n) is 2.47. The molecule has 0 fully saturated rings. The second-order valence-electron chi connectivity index (χ2n) is 3.59. The zero-order valence-electron chi connectivity index (χ0n) is 9.68. The van der Waals surface area contributed by atoms with Gasteiger partial charge in [0.05, 0.1) is 7.11 Å². The first-order chi connectivity index (χ1) is 8.34. The Morgan fingerprint density at radius 2 is 1.89 bits per heavy atom. The van der Waals surface area contributed by atoms with Crippen LogP contribution in [0.5, 0.6) is 5.75 Å². The molecule has 1 aromatic carbocycles. The van der Waals surface area contributed by atoms with Crippen LogP contribution in [0.4, 0.5) is 22.0 Å². The molecule has 102 valence electrons. The fourth-order valence-corrected chi connectivity index (χ4v) is 1.57. The Kier molecular flexibility index (Phi) is 4.50. The average molecular weight is 269 g/mol. The Balaban J connectivity index is 3.14. The highest BCUT2D eigenvalue weighted by atomic mass is 19.3. The maximum absolute atomic E-state index is 13.4. The molecule has 0 aliphatic heterocycles. The summed E-state index contributed by atoms with van der Waals surface area (Å²) in [5.74, 6) is -5.33. The summed E-state index contributed by atoms with van der Waals surface area (Å²) in [6, 6.07) is 0.990. The number of nitrogens with one attached hydrogen (secondary N) is 1. The Hall–Kier alpha value is -1.37. The van der Waals surface area contributed by atoms with Gasteiger partial charge in [0.15, 0.2) is 11.6 Å². The first-order valence-electron chi connectivity index (χ1n) is 5.01. The summed E-state index contributed by atoms with van der Waals surface area (Å²) in [4.78, 5) is 0. The largest absolute Gasteiger partial charge is 0.494 e. The van der Waals surface area contributed by atoms with Crippen LogP contribution in [0, 0.1) is 5.82 Å². The molecule has 0 saturated heterocycles. The number of alkyl halides is 4. The van der Waals surface area contributed by atoms with Crippen LogP contribution in [0.1, 0.15) is 11.6 Å². The predicted octanol–water partition coefficient (Wildman–Crippen LogP) is 3.00. The lowest BCUT2D eigenvalue weighted by Crippen LogP contribution is -2.41. The predicted molar refractivity (Wildman–Crippen MR) is 55.7 cm³/mol. The maximum atomic E-state index is 13.4. The minimum Gasteiger partial charge on any atom is -0.494 e. The zero-order chi connectivity index (χ0) is 13.9. The topological polar surface area (TPSA) is 21.3 Å². The van der Waals surface area contributed by atoms with Gasteiger partial charge in [-0.3, -0.25) is 0 Å². The molecule has 0 radical (unpaired) electrons. The van der Waals surface area contributed by atoms with Crippen LogP contribution in [0.2, 0.25) is 0 Å². The molecular formula is C11H12F5NO. The second kappa shape index (κ2) is 5.51. The number of rotatable bonds is 5. The van der Waals surface area contributed by atoms with Crippen molar-refractivity contribution >= 4 is 0 Å². The van der Waals surface area contributed by atoms with Gasteiger partial charge in [0.25, 0.3) is 0 Å². The minimum absolute atomic E-state index is 0.144. The molecule has 1 unspecified atom stereocenters. The van der Waals surface area contributed by atoms with Gasteiger partial charge in [-0.25, -0.2) is 13.2 Å². The molecule has 1 atom stereocenters. The van der Waals surface area contributed by atoms with Gasteiger partial charge in [0.1, 0.15) is 6.04 Å². The minimum atomic E-state index is -4.30. The van der Waals surface area contributed by atoms with Crippen LogP contribution in [-0.2, 0) is 0 Å². The highest BCUT2D eigenvalue weighted by Gasteiger charge is 2.48. The first-order valence-corrected chi connectivity index (χ1v) is 5.01. The summed E-state index contributed by atoms with van der Waals surface area (Å²) in [6.45, 7) is 0. The molecule has 1 N–H and O–H groups in total. The van der Waals surface area contributed by atoms with Crippen molar-refractivity contribution in [3.8, 4) is 5.75 Å². The van der Waals surface area contributed by atoms with E-state index >= 15 is 0 Å². The van der Waals surface area contributed by atoms with Gasteiger partial charge in [-0.2, -0.15) is 8.78 Å². The molecule has 0 aliphatic carbocycles. The van der Waals surface area contributed by atoms with Crippen molar-refractivity contribution in [2.24, 2.45) is 0 Å². The van der Waals surface area contributed by atoms with Crippen LogP contribution in [0.3, 0.4) is 0 Å². The van der Waals surface area contributed by atoms with Crippen molar-refractivity contribution in [2.75, 3.05) is 14.2 Å². The Morgan fingerprint density at radius 3 is 2.28 bits per heavy atom. The summed E-state index contributed by atoms with van der Waals surface area (Å²) in [5, 5.41) is 2.07. The van der Waals surface area contributed by atoms with E-state index in [-0.39, 0.29) is 11.3 Å². The smallest absolute Gasteiger partial charge is 0.326 e. The molecule has 0 heterocycles. The normalized spacial score (nSPS) is 13.8. The molecule has 1 rings (SSSR count). The summed E-state index contributed by atoms with van der Waals surface area (Å²) < 4.78 is 69.0. The number of methoxy groups -OCH3 is 1. The molecule has 1 aromatic rings. The molecule has 0 aromatic heterocycles. The quantitative estimate of drug-likeness (QED) is 0.830. The number of ether oxygens (including phenoxy) is 1. The number of hydrogen-bond acceptors (Lipinski definition) is 2. The molecule has 0 aliphatic rings. The SMILES string of the molecule is CNC(c1ccc(OC)c(F)c1)C(F)(F)C(F)F. The fourth-order valence-electron chi connectivity index (χ4n) is 1.57. The lowest BCUT2D eigenvalue weighted by atomic mass is 10.0. The van der Waals surface area contributed by atoms with Crippen molar-refractivity contribution in [1.29, 1.82) is 0 Å². The van der Waals surface area contributed by atoms with Gasteiger partial charge in [0.2, 0.25) is 0 Å². The molecule has 2 nitrogen and oxygen atoms in total. The lowest BCUT2D eigenvalue weighted by Gasteiger charge is -2.26. The molecule has 0 spiro atoms. The van der Waals surface area contributed by atoms with Crippen molar-refractivity contribution in [1.82, 2.24) is 5.32 Å². The summed E-state index contributed by atoms with van der Waals surface area (Å²) >= 11 is 0. The van der Waals surface area contributed by atoms with E-state index in [9.17, 15) is 22.0 Å².